The summed E-state index contributed by atoms with van der Waals surface area (Å²) in [6.07, 6.45) is 1.84. The zero-order valence-electron chi connectivity index (χ0n) is 15.8. The number of rotatable bonds is 3. The molecule has 1 aliphatic heterocycles. The fourth-order valence-electron chi connectivity index (χ4n) is 2.84. The van der Waals surface area contributed by atoms with Crippen molar-refractivity contribution in [2.24, 2.45) is 5.92 Å². The molecular formula is C18H21ClF2N4O3. The molecule has 10 heteroatoms. The number of alkyl halides is 2. The second-order valence-electron chi connectivity index (χ2n) is 7.62. The number of nitrogens with zero attached hydrogens (tertiary/aromatic N) is 4. The van der Waals surface area contributed by atoms with Crippen molar-refractivity contribution < 1.29 is 23.0 Å². The Morgan fingerprint density at radius 2 is 2.07 bits per heavy atom. The van der Waals surface area contributed by atoms with E-state index >= 15 is 0 Å². The minimum Gasteiger partial charge on any atom is -0.475 e. The van der Waals surface area contributed by atoms with Crippen molar-refractivity contribution in [3.8, 4) is 5.88 Å². The number of carbonyl (C=O) groups excluding carboxylic acids is 1. The van der Waals surface area contributed by atoms with Gasteiger partial charge in [0.25, 0.3) is 5.92 Å². The summed E-state index contributed by atoms with van der Waals surface area (Å²) in [4.78, 5) is 25.8. The van der Waals surface area contributed by atoms with Crippen LogP contribution in [0.3, 0.4) is 0 Å². The maximum atomic E-state index is 14.4. The van der Waals surface area contributed by atoms with Crippen LogP contribution in [0, 0.1) is 5.92 Å². The summed E-state index contributed by atoms with van der Waals surface area (Å²) in [5.41, 5.74) is 0.0732. The van der Waals surface area contributed by atoms with Gasteiger partial charge in [0.2, 0.25) is 5.88 Å². The fourth-order valence-corrected chi connectivity index (χ4v) is 3.02. The van der Waals surface area contributed by atoms with E-state index < -0.39 is 30.0 Å². The lowest BCUT2D eigenvalue weighted by atomic mass is 9.94. The van der Waals surface area contributed by atoms with Crippen LogP contribution in [0.4, 0.5) is 13.6 Å². The van der Waals surface area contributed by atoms with Gasteiger partial charge in [0, 0.05) is 38.0 Å². The van der Waals surface area contributed by atoms with Crippen molar-refractivity contribution in [1.29, 1.82) is 0 Å². The molecule has 1 fully saturated rings. The SMILES string of the molecule is CC(C)(C)OC(=O)N1CCC(F)(F)C(COc2nc(Cl)cc3nccnc23)C1. The molecule has 3 heterocycles. The Labute approximate surface area is 166 Å². The zero-order chi connectivity index (χ0) is 20.5. The van der Waals surface area contributed by atoms with Crippen LogP contribution in [0.15, 0.2) is 18.5 Å². The van der Waals surface area contributed by atoms with Crippen molar-refractivity contribution in [2.75, 3.05) is 19.7 Å². The summed E-state index contributed by atoms with van der Waals surface area (Å²) in [5.74, 6) is -4.18. The molecule has 152 valence electrons. The van der Waals surface area contributed by atoms with Gasteiger partial charge < -0.3 is 14.4 Å². The van der Waals surface area contributed by atoms with Gasteiger partial charge in [-0.25, -0.2) is 18.6 Å². The highest BCUT2D eigenvalue weighted by Crippen LogP contribution is 2.35. The van der Waals surface area contributed by atoms with Crippen LogP contribution in [0.25, 0.3) is 11.0 Å². The minimum atomic E-state index is -2.99. The molecule has 1 aliphatic rings. The molecule has 0 bridgehead atoms. The van der Waals surface area contributed by atoms with Crippen molar-refractivity contribution >= 4 is 28.7 Å². The second-order valence-corrected chi connectivity index (χ2v) is 8.01. The number of halogens is 3. The Hall–Kier alpha value is -2.29. The molecule has 0 radical (unpaired) electrons. The van der Waals surface area contributed by atoms with Crippen LogP contribution in [-0.4, -0.2) is 57.2 Å². The van der Waals surface area contributed by atoms with Gasteiger partial charge in [-0.3, -0.25) is 4.98 Å². The summed E-state index contributed by atoms with van der Waals surface area (Å²) >= 11 is 5.95. The Kier molecular flexibility index (Phi) is 5.56. The molecule has 1 saturated heterocycles. The number of amides is 1. The molecule has 2 aromatic rings. The van der Waals surface area contributed by atoms with Gasteiger partial charge in [0.15, 0.2) is 5.52 Å². The lowest BCUT2D eigenvalue weighted by Crippen LogP contribution is -2.52. The number of carbonyl (C=O) groups is 1. The van der Waals surface area contributed by atoms with Gasteiger partial charge in [-0.05, 0) is 20.8 Å². The number of pyridine rings is 1. The van der Waals surface area contributed by atoms with E-state index in [4.69, 9.17) is 21.1 Å². The quantitative estimate of drug-likeness (QED) is 0.708. The van der Waals surface area contributed by atoms with Crippen LogP contribution in [0.5, 0.6) is 5.88 Å². The van der Waals surface area contributed by atoms with Crippen LogP contribution >= 0.6 is 11.6 Å². The number of piperidine rings is 1. The standard InChI is InChI=1S/C18H21ClF2N4O3/c1-17(2,3)28-16(26)25-7-4-18(20,21)11(9-25)10-27-15-14-12(8-13(19)24-15)22-5-6-23-14/h5-6,8,11H,4,7,9-10H2,1-3H3. The number of hydrogen-bond donors (Lipinski definition) is 0. The van der Waals surface area contributed by atoms with Gasteiger partial charge >= 0.3 is 6.09 Å². The van der Waals surface area contributed by atoms with E-state index in [1.54, 1.807) is 20.8 Å². The normalized spacial score (nSPS) is 19.5. The molecule has 0 saturated carbocycles. The van der Waals surface area contributed by atoms with Crippen molar-refractivity contribution in [1.82, 2.24) is 19.9 Å². The van der Waals surface area contributed by atoms with Crippen LogP contribution in [0.2, 0.25) is 5.15 Å². The summed E-state index contributed by atoms with van der Waals surface area (Å²) in [5, 5.41) is 0.119. The van der Waals surface area contributed by atoms with Crippen molar-refractivity contribution in [3.05, 3.63) is 23.6 Å². The maximum Gasteiger partial charge on any atom is 0.410 e. The lowest BCUT2D eigenvalue weighted by molar-refractivity contribution is -0.115. The average molecular weight is 415 g/mol. The van der Waals surface area contributed by atoms with E-state index in [0.29, 0.717) is 11.0 Å². The van der Waals surface area contributed by atoms with E-state index in [0.717, 1.165) is 0 Å². The van der Waals surface area contributed by atoms with Crippen molar-refractivity contribution in [3.63, 3.8) is 0 Å². The lowest BCUT2D eigenvalue weighted by Gasteiger charge is -2.38. The molecule has 1 atom stereocenters. The minimum absolute atomic E-state index is 0.0285. The van der Waals surface area contributed by atoms with E-state index in [9.17, 15) is 13.6 Å². The fraction of sp³-hybridized carbons (Fsp3) is 0.556. The largest absolute Gasteiger partial charge is 0.475 e. The molecule has 28 heavy (non-hydrogen) atoms. The first-order valence-electron chi connectivity index (χ1n) is 8.81. The third kappa shape index (κ3) is 4.76. The smallest absolute Gasteiger partial charge is 0.410 e. The Balaban J connectivity index is 1.74. The molecule has 1 amide bonds. The highest BCUT2D eigenvalue weighted by Gasteiger charge is 2.46. The Bertz CT molecular complexity index is 876. The second kappa shape index (κ2) is 7.62. The zero-order valence-corrected chi connectivity index (χ0v) is 16.5. The molecular weight excluding hydrogens is 394 g/mol. The maximum absolute atomic E-state index is 14.4. The van der Waals surface area contributed by atoms with E-state index in [2.05, 4.69) is 15.0 Å². The molecule has 0 spiro atoms. The number of hydrogen-bond acceptors (Lipinski definition) is 6. The monoisotopic (exact) mass is 414 g/mol. The van der Waals surface area contributed by atoms with Gasteiger partial charge in [0.1, 0.15) is 17.4 Å². The number of likely N-dealkylation sites (tertiary alicyclic amines) is 1. The first kappa shape index (κ1) is 20.4. The predicted molar refractivity (Wildman–Crippen MR) is 98.7 cm³/mol. The molecule has 0 aromatic carbocycles. The van der Waals surface area contributed by atoms with Gasteiger partial charge in [-0.1, -0.05) is 11.6 Å². The number of ether oxygens (including phenoxy) is 2. The summed E-state index contributed by atoms with van der Waals surface area (Å²) in [6.45, 7) is 4.54. The summed E-state index contributed by atoms with van der Waals surface area (Å²) < 4.78 is 39.6. The van der Waals surface area contributed by atoms with Crippen LogP contribution < -0.4 is 4.74 Å². The molecule has 2 aromatic heterocycles. The van der Waals surface area contributed by atoms with Gasteiger partial charge in [-0.2, -0.15) is 4.98 Å². The summed E-state index contributed by atoms with van der Waals surface area (Å²) in [7, 11) is 0. The molecule has 3 rings (SSSR count). The molecule has 7 nitrogen and oxygen atoms in total. The third-order valence-corrected chi connectivity index (χ3v) is 4.41. The Morgan fingerprint density at radius 3 is 2.79 bits per heavy atom. The Morgan fingerprint density at radius 1 is 1.36 bits per heavy atom. The topological polar surface area (TPSA) is 77.4 Å². The number of aromatic nitrogens is 3. The van der Waals surface area contributed by atoms with Crippen LogP contribution in [-0.2, 0) is 4.74 Å². The molecule has 0 aliphatic carbocycles. The number of fused-ring (bicyclic) bond motifs is 1. The predicted octanol–water partition coefficient (Wildman–Crippen LogP) is 3.95. The average Bonchev–Trinajstić information content (AvgIpc) is 2.58. The highest BCUT2D eigenvalue weighted by molar-refractivity contribution is 6.30. The van der Waals surface area contributed by atoms with Gasteiger partial charge in [0.05, 0.1) is 11.4 Å². The van der Waals surface area contributed by atoms with E-state index in [1.165, 1.54) is 23.4 Å². The van der Waals surface area contributed by atoms with E-state index in [1.807, 2.05) is 0 Å². The van der Waals surface area contributed by atoms with Gasteiger partial charge in [-0.15, -0.1) is 0 Å². The van der Waals surface area contributed by atoms with Crippen molar-refractivity contribution in [2.45, 2.75) is 38.7 Å². The molecule has 1 unspecified atom stereocenters. The van der Waals surface area contributed by atoms with E-state index in [-0.39, 0.29) is 30.7 Å². The first-order valence-corrected chi connectivity index (χ1v) is 9.19. The first-order chi connectivity index (χ1) is 13.0. The summed E-state index contributed by atoms with van der Waals surface area (Å²) in [6, 6.07) is 1.51. The molecule has 0 N–H and O–H groups in total. The van der Waals surface area contributed by atoms with Crippen LogP contribution in [0.1, 0.15) is 27.2 Å². The third-order valence-electron chi connectivity index (χ3n) is 4.22. The highest BCUT2D eigenvalue weighted by atomic mass is 35.5.